The summed E-state index contributed by atoms with van der Waals surface area (Å²) >= 11 is 0. The summed E-state index contributed by atoms with van der Waals surface area (Å²) in [6, 6.07) is -0.0835. The van der Waals surface area contributed by atoms with Crippen molar-refractivity contribution in [3.63, 3.8) is 0 Å². The van der Waals surface area contributed by atoms with E-state index in [1.165, 1.54) is 6.20 Å². The van der Waals surface area contributed by atoms with Crippen LogP contribution in [-0.4, -0.2) is 70.3 Å². The van der Waals surface area contributed by atoms with Crippen LogP contribution in [0.25, 0.3) is 0 Å². The van der Waals surface area contributed by atoms with Crippen molar-refractivity contribution in [2.24, 2.45) is 0 Å². The summed E-state index contributed by atoms with van der Waals surface area (Å²) in [6.45, 7) is 7.55. The molecule has 0 saturated carbocycles. The van der Waals surface area contributed by atoms with Gasteiger partial charge in [0.2, 0.25) is 5.91 Å². The first-order valence-corrected chi connectivity index (χ1v) is 7.49. The Morgan fingerprint density at radius 1 is 1.27 bits per heavy atom. The predicted octanol–water partition coefficient (Wildman–Crippen LogP) is 0.0658. The number of hydrogen-bond donors (Lipinski definition) is 1. The van der Waals surface area contributed by atoms with Gasteiger partial charge in [-0.1, -0.05) is 0 Å². The van der Waals surface area contributed by atoms with Gasteiger partial charge in [0.25, 0.3) is 5.91 Å². The monoisotopic (exact) mass is 305 g/mol. The van der Waals surface area contributed by atoms with Gasteiger partial charge in [0, 0.05) is 38.9 Å². The smallest absolute Gasteiger partial charge is 0.274 e. The van der Waals surface area contributed by atoms with Crippen molar-refractivity contribution in [1.29, 1.82) is 0 Å². The van der Waals surface area contributed by atoms with E-state index in [1.54, 1.807) is 18.1 Å². The maximum absolute atomic E-state index is 12.5. The Balaban J connectivity index is 2.15. The van der Waals surface area contributed by atoms with Gasteiger partial charge in [-0.25, -0.2) is 4.98 Å². The average molecular weight is 305 g/mol. The number of hydrogen-bond acceptors (Lipinski definition) is 5. The summed E-state index contributed by atoms with van der Waals surface area (Å²) in [5, 5.41) is 2.68. The van der Waals surface area contributed by atoms with Crippen molar-refractivity contribution < 1.29 is 9.59 Å². The van der Waals surface area contributed by atoms with Crippen LogP contribution in [0.3, 0.4) is 0 Å². The standard InChI is InChI=1S/C15H23N5O2/c1-10(2)20-6-5-19(9-13(20)14(21)16-4)15(22)12-8-17-11(3)7-18-12/h7-8,10,13H,5-6,9H2,1-4H3,(H,16,21)/t13-/m1/s1. The van der Waals surface area contributed by atoms with Gasteiger partial charge in [0.15, 0.2) is 0 Å². The molecule has 1 atom stereocenters. The van der Waals surface area contributed by atoms with Gasteiger partial charge in [-0.3, -0.25) is 19.5 Å². The number of nitrogens with one attached hydrogen (secondary N) is 1. The highest BCUT2D eigenvalue weighted by Gasteiger charge is 2.35. The lowest BCUT2D eigenvalue weighted by atomic mass is 10.1. The summed E-state index contributed by atoms with van der Waals surface area (Å²) < 4.78 is 0. The number of aromatic nitrogens is 2. The SMILES string of the molecule is CNC(=O)[C@H]1CN(C(=O)c2cnc(C)cn2)CCN1C(C)C. The zero-order valence-electron chi connectivity index (χ0n) is 13.5. The fourth-order valence-electron chi connectivity index (χ4n) is 2.66. The second-order valence-electron chi connectivity index (χ2n) is 5.76. The Hall–Kier alpha value is -2.02. The molecule has 1 aliphatic heterocycles. The Kier molecular flexibility index (Phi) is 5.07. The summed E-state index contributed by atoms with van der Waals surface area (Å²) in [7, 11) is 1.62. The molecule has 0 bridgehead atoms. The summed E-state index contributed by atoms with van der Waals surface area (Å²) in [5.41, 5.74) is 1.09. The van der Waals surface area contributed by atoms with Gasteiger partial charge in [0.05, 0.1) is 11.9 Å². The van der Waals surface area contributed by atoms with Crippen molar-refractivity contribution in [1.82, 2.24) is 25.1 Å². The molecular formula is C15H23N5O2. The second-order valence-corrected chi connectivity index (χ2v) is 5.76. The van der Waals surface area contributed by atoms with Crippen molar-refractivity contribution in [3.05, 3.63) is 23.8 Å². The molecule has 0 unspecified atom stereocenters. The van der Waals surface area contributed by atoms with E-state index in [0.29, 0.717) is 25.3 Å². The van der Waals surface area contributed by atoms with E-state index in [0.717, 1.165) is 5.69 Å². The van der Waals surface area contributed by atoms with E-state index in [9.17, 15) is 9.59 Å². The summed E-state index contributed by atoms with van der Waals surface area (Å²) in [6.07, 6.45) is 3.06. The lowest BCUT2D eigenvalue weighted by Crippen LogP contribution is -2.61. The van der Waals surface area contributed by atoms with E-state index in [1.807, 2.05) is 6.92 Å². The maximum atomic E-state index is 12.5. The van der Waals surface area contributed by atoms with E-state index in [4.69, 9.17) is 0 Å². The number of rotatable bonds is 3. The topological polar surface area (TPSA) is 78.4 Å². The minimum absolute atomic E-state index is 0.0683. The maximum Gasteiger partial charge on any atom is 0.274 e. The predicted molar refractivity (Wildman–Crippen MR) is 82.4 cm³/mol. The molecule has 7 heteroatoms. The molecule has 2 amide bonds. The lowest BCUT2D eigenvalue weighted by Gasteiger charge is -2.42. The molecule has 1 aromatic rings. The molecule has 1 N–H and O–H groups in total. The highest BCUT2D eigenvalue weighted by atomic mass is 16.2. The largest absolute Gasteiger partial charge is 0.358 e. The van der Waals surface area contributed by atoms with Crippen LogP contribution in [0.4, 0.5) is 0 Å². The first-order chi connectivity index (χ1) is 10.4. The Bertz CT molecular complexity index is 543. The Labute approximate surface area is 130 Å². The zero-order chi connectivity index (χ0) is 16.3. The third kappa shape index (κ3) is 3.41. The van der Waals surface area contributed by atoms with Crippen molar-refractivity contribution in [3.8, 4) is 0 Å². The number of aryl methyl sites for hydroxylation is 1. The minimum Gasteiger partial charge on any atom is -0.358 e. The van der Waals surface area contributed by atoms with E-state index in [-0.39, 0.29) is 23.9 Å². The van der Waals surface area contributed by atoms with E-state index in [2.05, 4.69) is 34.0 Å². The van der Waals surface area contributed by atoms with Gasteiger partial charge in [-0.2, -0.15) is 0 Å². The van der Waals surface area contributed by atoms with Gasteiger partial charge >= 0.3 is 0 Å². The van der Waals surface area contributed by atoms with Gasteiger partial charge in [-0.05, 0) is 20.8 Å². The van der Waals surface area contributed by atoms with Crippen LogP contribution in [0.2, 0.25) is 0 Å². The number of nitrogens with zero attached hydrogens (tertiary/aromatic N) is 4. The molecule has 22 heavy (non-hydrogen) atoms. The molecule has 1 aliphatic rings. The van der Waals surface area contributed by atoms with Crippen LogP contribution in [-0.2, 0) is 4.79 Å². The molecule has 2 rings (SSSR count). The summed E-state index contributed by atoms with van der Waals surface area (Å²) in [4.78, 5) is 36.7. The molecule has 120 valence electrons. The van der Waals surface area contributed by atoms with E-state index >= 15 is 0 Å². The van der Waals surface area contributed by atoms with Crippen LogP contribution in [0.15, 0.2) is 12.4 Å². The number of likely N-dealkylation sites (N-methyl/N-ethyl adjacent to an activating group) is 1. The van der Waals surface area contributed by atoms with Crippen molar-refractivity contribution in [2.75, 3.05) is 26.7 Å². The highest BCUT2D eigenvalue weighted by Crippen LogP contribution is 2.15. The van der Waals surface area contributed by atoms with Crippen LogP contribution in [0, 0.1) is 6.92 Å². The number of carbonyl (C=O) groups is 2. The first kappa shape index (κ1) is 16.4. The molecular weight excluding hydrogens is 282 g/mol. The minimum atomic E-state index is -0.332. The van der Waals surface area contributed by atoms with Crippen molar-refractivity contribution in [2.45, 2.75) is 32.9 Å². The summed E-state index contributed by atoms with van der Waals surface area (Å²) in [5.74, 6) is -0.244. The lowest BCUT2D eigenvalue weighted by molar-refractivity contribution is -0.128. The fourth-order valence-corrected chi connectivity index (χ4v) is 2.66. The normalized spacial score (nSPS) is 19.3. The van der Waals surface area contributed by atoms with Crippen LogP contribution < -0.4 is 5.32 Å². The molecule has 1 saturated heterocycles. The second kappa shape index (κ2) is 6.83. The number of carbonyl (C=O) groups excluding carboxylic acids is 2. The van der Waals surface area contributed by atoms with Crippen LogP contribution in [0.1, 0.15) is 30.0 Å². The van der Waals surface area contributed by atoms with Gasteiger partial charge in [0.1, 0.15) is 11.7 Å². The Morgan fingerprint density at radius 3 is 2.55 bits per heavy atom. The molecule has 1 aromatic heterocycles. The highest BCUT2D eigenvalue weighted by molar-refractivity contribution is 5.93. The van der Waals surface area contributed by atoms with Gasteiger partial charge < -0.3 is 10.2 Å². The molecule has 7 nitrogen and oxygen atoms in total. The number of piperazine rings is 1. The molecule has 1 fully saturated rings. The molecule has 0 radical (unpaired) electrons. The van der Waals surface area contributed by atoms with Crippen LogP contribution >= 0.6 is 0 Å². The molecule has 2 heterocycles. The molecule has 0 aromatic carbocycles. The molecule has 0 spiro atoms. The third-order valence-electron chi connectivity index (χ3n) is 3.92. The fraction of sp³-hybridized carbons (Fsp3) is 0.600. The third-order valence-corrected chi connectivity index (χ3v) is 3.92. The van der Waals surface area contributed by atoms with Crippen LogP contribution in [0.5, 0.6) is 0 Å². The Morgan fingerprint density at radius 2 is 2.00 bits per heavy atom. The first-order valence-electron chi connectivity index (χ1n) is 7.49. The van der Waals surface area contributed by atoms with Crippen molar-refractivity contribution >= 4 is 11.8 Å². The van der Waals surface area contributed by atoms with Gasteiger partial charge in [-0.15, -0.1) is 0 Å². The number of amides is 2. The average Bonchev–Trinajstić information content (AvgIpc) is 2.53. The molecule has 0 aliphatic carbocycles. The van der Waals surface area contributed by atoms with E-state index < -0.39 is 0 Å². The quantitative estimate of drug-likeness (QED) is 0.855. The zero-order valence-corrected chi connectivity index (χ0v) is 13.5.